The van der Waals surface area contributed by atoms with Crippen molar-refractivity contribution in [3.05, 3.63) is 114 Å². The second-order valence-corrected chi connectivity index (χ2v) is 12.6. The second-order valence-electron chi connectivity index (χ2n) is 11.0. The van der Waals surface area contributed by atoms with Gasteiger partial charge in [0.05, 0.1) is 10.4 Å². The summed E-state index contributed by atoms with van der Waals surface area (Å²) in [4.78, 5) is 13.5. The molecule has 4 aromatic rings. The van der Waals surface area contributed by atoms with Crippen molar-refractivity contribution in [2.45, 2.75) is 18.8 Å². The molecule has 176 valence electrons. The van der Waals surface area contributed by atoms with Crippen molar-refractivity contribution in [1.82, 2.24) is 0 Å². The van der Waals surface area contributed by atoms with E-state index in [2.05, 4.69) is 111 Å². The van der Waals surface area contributed by atoms with Crippen LogP contribution in [0.15, 0.2) is 86.9 Å². The number of Topliss-reactive ketones (excluding diaryl/α,β-unsaturated/α-hetero) is 1. The molecule has 0 aliphatic heterocycles. The Morgan fingerprint density at radius 1 is 0.757 bits per heavy atom. The van der Waals surface area contributed by atoms with Crippen LogP contribution in [0.3, 0.4) is 0 Å². The number of hydrogen-bond acceptors (Lipinski definition) is 1. The average Bonchev–Trinajstić information content (AvgIpc) is 2.92. The van der Waals surface area contributed by atoms with Crippen LogP contribution >= 0.6 is 31.9 Å². The van der Waals surface area contributed by atoms with Gasteiger partial charge in [-0.15, -0.1) is 0 Å². The Morgan fingerprint density at radius 3 is 2.54 bits per heavy atom. The summed E-state index contributed by atoms with van der Waals surface area (Å²) in [5.74, 6) is 0.498. The number of halogens is 2. The van der Waals surface area contributed by atoms with Crippen LogP contribution in [-0.4, -0.2) is 5.78 Å². The number of carbonyl (C=O) groups excluding carboxylic acids is 1. The molecule has 5 aliphatic rings. The molecule has 9 rings (SSSR count). The van der Waals surface area contributed by atoms with Crippen LogP contribution in [0.5, 0.6) is 0 Å². The summed E-state index contributed by atoms with van der Waals surface area (Å²) < 4.78 is 1.53. The average molecular weight is 604 g/mol. The highest BCUT2D eigenvalue weighted by molar-refractivity contribution is 9.14. The van der Waals surface area contributed by atoms with Crippen molar-refractivity contribution in [1.29, 1.82) is 0 Å². The lowest BCUT2D eigenvalue weighted by atomic mass is 9.58. The number of ketones is 1. The first-order chi connectivity index (χ1) is 18.1. The molecule has 0 amide bonds. The molecule has 0 saturated heterocycles. The molecular weight excluding hydrogens is 584 g/mol. The Kier molecular flexibility index (Phi) is 4.02. The first-order valence-electron chi connectivity index (χ1n) is 12.9. The first-order valence-corrected chi connectivity index (χ1v) is 14.5. The normalized spacial score (nSPS) is 24.4. The van der Waals surface area contributed by atoms with Crippen LogP contribution in [0.4, 0.5) is 0 Å². The van der Waals surface area contributed by atoms with E-state index in [0.29, 0.717) is 4.48 Å². The highest BCUT2D eigenvalue weighted by Crippen LogP contribution is 2.55. The van der Waals surface area contributed by atoms with Gasteiger partial charge in [-0.2, -0.15) is 0 Å². The van der Waals surface area contributed by atoms with Gasteiger partial charge < -0.3 is 0 Å². The Bertz CT molecular complexity index is 1980. The summed E-state index contributed by atoms with van der Waals surface area (Å²) in [5, 5.41) is 6.85. The number of rotatable bonds is 0. The Balaban J connectivity index is 1.37. The molecule has 1 nitrogen and oxygen atoms in total. The van der Waals surface area contributed by atoms with Gasteiger partial charge in [-0.1, -0.05) is 84.0 Å². The molecule has 3 atom stereocenters. The predicted molar refractivity (Wildman–Crippen MR) is 159 cm³/mol. The molecule has 0 heterocycles. The number of hydrogen-bond donors (Lipinski definition) is 0. The zero-order valence-corrected chi connectivity index (χ0v) is 23.0. The van der Waals surface area contributed by atoms with Gasteiger partial charge in [-0.05, 0) is 111 Å². The van der Waals surface area contributed by atoms with Gasteiger partial charge in [0.1, 0.15) is 0 Å². The lowest BCUT2D eigenvalue weighted by Crippen LogP contribution is -2.40. The minimum Gasteiger partial charge on any atom is -0.293 e. The summed E-state index contributed by atoms with van der Waals surface area (Å²) >= 11 is 7.16. The van der Waals surface area contributed by atoms with Gasteiger partial charge in [0, 0.05) is 16.3 Å². The third-order valence-corrected chi connectivity index (χ3v) is 11.3. The minimum absolute atomic E-state index is 0.101. The molecule has 3 heteroatoms. The fourth-order valence-electron chi connectivity index (χ4n) is 7.93. The SMILES string of the molecule is O=C1C(Br)=C(Br)C=C2CC3=CC=c4c5c(c6ccc7c8c(ccc4c68)Cc4ccccc4-7)C=CC(C12)C35. The fraction of sp³-hybridized carbons (Fsp3) is 0.147. The monoisotopic (exact) mass is 602 g/mol. The fourth-order valence-corrected chi connectivity index (χ4v) is 8.78. The van der Waals surface area contributed by atoms with Gasteiger partial charge in [-0.3, -0.25) is 4.79 Å². The van der Waals surface area contributed by atoms with Crippen LogP contribution in [0.25, 0.3) is 44.8 Å². The van der Waals surface area contributed by atoms with E-state index in [-0.39, 0.29) is 23.5 Å². The van der Waals surface area contributed by atoms with Crippen LogP contribution < -0.4 is 5.22 Å². The van der Waals surface area contributed by atoms with Gasteiger partial charge in [-0.25, -0.2) is 0 Å². The lowest BCUT2D eigenvalue weighted by Gasteiger charge is -2.45. The van der Waals surface area contributed by atoms with Crippen molar-refractivity contribution in [2.24, 2.45) is 11.8 Å². The predicted octanol–water partition coefficient (Wildman–Crippen LogP) is 8.26. The molecule has 3 unspecified atom stereocenters. The molecule has 0 aromatic heterocycles. The van der Waals surface area contributed by atoms with Crippen LogP contribution in [-0.2, 0) is 11.2 Å². The van der Waals surface area contributed by atoms with Crippen molar-refractivity contribution in [2.75, 3.05) is 0 Å². The quantitative estimate of drug-likeness (QED) is 0.174. The largest absolute Gasteiger partial charge is 0.293 e. The third-order valence-electron chi connectivity index (χ3n) is 9.35. The standard InChI is InChI=1S/C34H20Br2O/c35-27-15-19-14-18-6-8-23-22-7-5-17-13-16-3-1-2-4-20(16)21-9-10-24(31(22)28(17)21)25-11-12-26(29(18)32(23)25)30(19)34(37)33(27)36/h1-12,15,26,29-30H,13-14H2. The number of fused-ring (bicyclic) bond motifs is 6. The summed E-state index contributed by atoms with van der Waals surface area (Å²) in [6.45, 7) is 0. The topological polar surface area (TPSA) is 17.1 Å². The van der Waals surface area contributed by atoms with Gasteiger partial charge in [0.25, 0.3) is 0 Å². The number of allylic oxidation sites excluding steroid dienone is 7. The summed E-state index contributed by atoms with van der Waals surface area (Å²) in [6, 6.07) is 18.3. The van der Waals surface area contributed by atoms with E-state index >= 15 is 0 Å². The number of benzene rings is 4. The zero-order chi connectivity index (χ0) is 24.6. The van der Waals surface area contributed by atoms with E-state index in [0.717, 1.165) is 17.3 Å². The van der Waals surface area contributed by atoms with Crippen molar-refractivity contribution in [3.8, 4) is 11.1 Å². The molecule has 1 fully saturated rings. The molecule has 0 bridgehead atoms. The second kappa shape index (κ2) is 7.09. The van der Waals surface area contributed by atoms with Crippen LogP contribution in [0.1, 0.15) is 34.6 Å². The maximum atomic E-state index is 13.5. The minimum atomic E-state index is -0.101. The van der Waals surface area contributed by atoms with E-state index in [1.54, 1.807) is 0 Å². The molecule has 1 saturated carbocycles. The highest BCUT2D eigenvalue weighted by atomic mass is 79.9. The van der Waals surface area contributed by atoms with Crippen molar-refractivity contribution >= 4 is 71.3 Å². The summed E-state index contributed by atoms with van der Waals surface area (Å²) in [5.41, 5.74) is 11.0. The first kappa shape index (κ1) is 21.0. The Hall–Kier alpha value is -3.01. The zero-order valence-electron chi connectivity index (χ0n) is 19.8. The molecular formula is C34H20Br2O. The van der Waals surface area contributed by atoms with Crippen molar-refractivity contribution < 1.29 is 4.79 Å². The smallest absolute Gasteiger partial charge is 0.178 e. The van der Waals surface area contributed by atoms with Crippen LogP contribution in [0, 0.1) is 11.8 Å². The maximum absolute atomic E-state index is 13.5. The lowest BCUT2D eigenvalue weighted by molar-refractivity contribution is -0.118. The van der Waals surface area contributed by atoms with Gasteiger partial charge in [0.15, 0.2) is 5.78 Å². The summed E-state index contributed by atoms with van der Waals surface area (Å²) in [6.07, 6.45) is 13.4. The van der Waals surface area contributed by atoms with E-state index in [1.165, 1.54) is 71.3 Å². The number of carbonyl (C=O) groups is 1. The van der Waals surface area contributed by atoms with Gasteiger partial charge >= 0.3 is 0 Å². The van der Waals surface area contributed by atoms with E-state index in [1.807, 2.05) is 0 Å². The molecule has 37 heavy (non-hydrogen) atoms. The van der Waals surface area contributed by atoms with E-state index in [4.69, 9.17) is 0 Å². The molecule has 5 aliphatic carbocycles. The maximum Gasteiger partial charge on any atom is 0.178 e. The van der Waals surface area contributed by atoms with Gasteiger partial charge in [0.2, 0.25) is 0 Å². The Labute approximate surface area is 231 Å². The van der Waals surface area contributed by atoms with Crippen LogP contribution in [0.2, 0.25) is 0 Å². The molecule has 0 radical (unpaired) electrons. The third kappa shape index (κ3) is 2.53. The molecule has 0 N–H and O–H groups in total. The van der Waals surface area contributed by atoms with Crippen molar-refractivity contribution in [3.63, 3.8) is 0 Å². The summed E-state index contributed by atoms with van der Waals surface area (Å²) in [7, 11) is 0. The Morgan fingerprint density at radius 2 is 1.62 bits per heavy atom. The highest BCUT2D eigenvalue weighted by Gasteiger charge is 2.47. The van der Waals surface area contributed by atoms with E-state index < -0.39 is 0 Å². The molecule has 4 aromatic carbocycles. The molecule has 0 spiro atoms. The van der Waals surface area contributed by atoms with E-state index in [9.17, 15) is 4.79 Å².